The number of halogens is 2. The van der Waals surface area contributed by atoms with Crippen LogP contribution in [0.2, 0.25) is 10.0 Å². The minimum Gasteiger partial charge on any atom is -0.388 e. The van der Waals surface area contributed by atoms with Gasteiger partial charge in [0.2, 0.25) is 0 Å². The van der Waals surface area contributed by atoms with E-state index >= 15 is 0 Å². The summed E-state index contributed by atoms with van der Waals surface area (Å²) in [6.07, 6.45) is 2.40. The van der Waals surface area contributed by atoms with Gasteiger partial charge < -0.3 is 5.11 Å². The standard InChI is InChI=1S/C17H16Cl2O/c18-15-7-3-4-12(17(15)19)10-16(20)14-6-2-1-5-13(14)11-8-9-11/h1-7,11,16,20H,8-10H2. The van der Waals surface area contributed by atoms with Gasteiger partial charge >= 0.3 is 0 Å². The number of rotatable bonds is 4. The number of hydrogen-bond acceptors (Lipinski definition) is 1. The lowest BCUT2D eigenvalue weighted by Crippen LogP contribution is -2.05. The Hall–Kier alpha value is -1.02. The zero-order valence-electron chi connectivity index (χ0n) is 11.0. The van der Waals surface area contributed by atoms with E-state index in [0.717, 1.165) is 11.1 Å². The molecule has 2 aromatic carbocycles. The predicted molar refractivity (Wildman–Crippen MR) is 83.5 cm³/mol. The number of hydrogen-bond donors (Lipinski definition) is 1. The quantitative estimate of drug-likeness (QED) is 0.828. The molecule has 1 unspecified atom stereocenters. The average molecular weight is 307 g/mol. The molecule has 1 atom stereocenters. The summed E-state index contributed by atoms with van der Waals surface area (Å²) in [7, 11) is 0. The fourth-order valence-corrected chi connectivity index (χ4v) is 3.00. The summed E-state index contributed by atoms with van der Waals surface area (Å²) in [4.78, 5) is 0. The fourth-order valence-electron chi connectivity index (χ4n) is 2.60. The molecule has 1 aliphatic carbocycles. The van der Waals surface area contributed by atoms with Gasteiger partial charge in [0, 0.05) is 6.42 Å². The maximum Gasteiger partial charge on any atom is 0.0833 e. The number of aliphatic hydroxyl groups is 1. The summed E-state index contributed by atoms with van der Waals surface area (Å²) in [6.45, 7) is 0. The monoisotopic (exact) mass is 306 g/mol. The molecule has 0 heterocycles. The summed E-state index contributed by atoms with van der Waals surface area (Å²) < 4.78 is 0. The first-order valence-corrected chi connectivity index (χ1v) is 7.62. The SMILES string of the molecule is OC(Cc1cccc(Cl)c1Cl)c1ccccc1C1CC1. The molecule has 2 aromatic rings. The van der Waals surface area contributed by atoms with Crippen molar-refractivity contribution >= 4 is 23.2 Å². The van der Waals surface area contributed by atoms with Crippen LogP contribution in [0.5, 0.6) is 0 Å². The lowest BCUT2D eigenvalue weighted by Gasteiger charge is -2.16. The summed E-state index contributed by atoms with van der Waals surface area (Å²) in [5.41, 5.74) is 3.18. The Morgan fingerprint density at radius 3 is 2.55 bits per heavy atom. The van der Waals surface area contributed by atoms with Crippen molar-refractivity contribution in [3.8, 4) is 0 Å². The molecule has 1 fully saturated rings. The van der Waals surface area contributed by atoms with Crippen LogP contribution >= 0.6 is 23.2 Å². The van der Waals surface area contributed by atoms with Gasteiger partial charge in [0.25, 0.3) is 0 Å². The van der Waals surface area contributed by atoms with E-state index in [1.807, 2.05) is 30.3 Å². The molecular weight excluding hydrogens is 291 g/mol. The third-order valence-corrected chi connectivity index (χ3v) is 4.68. The maximum atomic E-state index is 10.5. The van der Waals surface area contributed by atoms with Crippen LogP contribution in [0.25, 0.3) is 0 Å². The van der Waals surface area contributed by atoms with Gasteiger partial charge in [0.1, 0.15) is 0 Å². The number of benzene rings is 2. The summed E-state index contributed by atoms with van der Waals surface area (Å²) >= 11 is 12.2. The van der Waals surface area contributed by atoms with Gasteiger partial charge in [-0.2, -0.15) is 0 Å². The Balaban J connectivity index is 1.86. The first-order valence-electron chi connectivity index (χ1n) is 6.86. The van der Waals surface area contributed by atoms with Gasteiger partial charge in [-0.15, -0.1) is 0 Å². The highest BCUT2D eigenvalue weighted by Crippen LogP contribution is 2.43. The van der Waals surface area contributed by atoms with Gasteiger partial charge in [0.05, 0.1) is 16.1 Å². The van der Waals surface area contributed by atoms with E-state index in [2.05, 4.69) is 6.07 Å². The summed E-state index contributed by atoms with van der Waals surface area (Å²) in [5.74, 6) is 0.621. The Bertz CT molecular complexity index is 620. The van der Waals surface area contributed by atoms with Gasteiger partial charge in [0.15, 0.2) is 0 Å². The molecule has 0 aliphatic heterocycles. The molecule has 0 saturated heterocycles. The first-order chi connectivity index (χ1) is 9.66. The van der Waals surface area contributed by atoms with Crippen LogP contribution in [-0.4, -0.2) is 5.11 Å². The van der Waals surface area contributed by atoms with Crippen LogP contribution < -0.4 is 0 Å². The molecule has 1 saturated carbocycles. The van der Waals surface area contributed by atoms with Gasteiger partial charge in [-0.25, -0.2) is 0 Å². The van der Waals surface area contributed by atoms with Crippen molar-refractivity contribution in [1.29, 1.82) is 0 Å². The highest BCUT2D eigenvalue weighted by molar-refractivity contribution is 6.42. The second kappa shape index (κ2) is 5.77. The molecule has 1 nitrogen and oxygen atoms in total. The minimum absolute atomic E-state index is 0.489. The molecule has 3 heteroatoms. The zero-order valence-corrected chi connectivity index (χ0v) is 12.5. The molecular formula is C17H16Cl2O. The number of aliphatic hydroxyl groups excluding tert-OH is 1. The Morgan fingerprint density at radius 2 is 1.80 bits per heavy atom. The van der Waals surface area contributed by atoms with E-state index in [4.69, 9.17) is 23.2 Å². The van der Waals surface area contributed by atoms with Gasteiger partial charge in [-0.05, 0) is 41.5 Å². The maximum absolute atomic E-state index is 10.5. The third kappa shape index (κ3) is 2.85. The molecule has 20 heavy (non-hydrogen) atoms. The molecule has 3 rings (SSSR count). The molecule has 0 spiro atoms. The third-order valence-electron chi connectivity index (χ3n) is 3.82. The van der Waals surface area contributed by atoms with E-state index in [-0.39, 0.29) is 0 Å². The highest BCUT2D eigenvalue weighted by atomic mass is 35.5. The van der Waals surface area contributed by atoms with Crippen molar-refractivity contribution < 1.29 is 5.11 Å². The first kappa shape index (κ1) is 13.9. The summed E-state index contributed by atoms with van der Waals surface area (Å²) in [5, 5.41) is 11.6. The molecule has 0 bridgehead atoms. The van der Waals surface area contributed by atoms with Crippen LogP contribution in [0.4, 0.5) is 0 Å². The largest absolute Gasteiger partial charge is 0.388 e. The lowest BCUT2D eigenvalue weighted by molar-refractivity contribution is 0.177. The molecule has 0 aromatic heterocycles. The highest BCUT2D eigenvalue weighted by Gasteiger charge is 2.27. The zero-order chi connectivity index (χ0) is 14.1. The molecule has 0 radical (unpaired) electrons. The normalized spacial score (nSPS) is 16.1. The topological polar surface area (TPSA) is 20.2 Å². The van der Waals surface area contributed by atoms with Crippen LogP contribution in [0, 0.1) is 0 Å². The van der Waals surface area contributed by atoms with Crippen LogP contribution in [0.3, 0.4) is 0 Å². The van der Waals surface area contributed by atoms with E-state index in [0.29, 0.717) is 22.4 Å². The molecule has 0 amide bonds. The molecule has 104 valence electrons. The lowest BCUT2D eigenvalue weighted by atomic mass is 9.95. The van der Waals surface area contributed by atoms with Crippen molar-refractivity contribution in [2.45, 2.75) is 31.3 Å². The Labute approximate surface area is 129 Å². The van der Waals surface area contributed by atoms with Gasteiger partial charge in [-0.1, -0.05) is 59.6 Å². The fraction of sp³-hybridized carbons (Fsp3) is 0.294. The van der Waals surface area contributed by atoms with E-state index in [1.54, 1.807) is 6.07 Å². The van der Waals surface area contributed by atoms with E-state index in [1.165, 1.54) is 18.4 Å². The van der Waals surface area contributed by atoms with Crippen molar-refractivity contribution in [3.05, 3.63) is 69.2 Å². The smallest absolute Gasteiger partial charge is 0.0833 e. The van der Waals surface area contributed by atoms with Crippen molar-refractivity contribution in [2.75, 3.05) is 0 Å². The minimum atomic E-state index is -0.539. The van der Waals surface area contributed by atoms with E-state index < -0.39 is 6.10 Å². The van der Waals surface area contributed by atoms with Crippen molar-refractivity contribution in [3.63, 3.8) is 0 Å². The van der Waals surface area contributed by atoms with E-state index in [9.17, 15) is 5.11 Å². The Morgan fingerprint density at radius 1 is 1.05 bits per heavy atom. The predicted octanol–water partition coefficient (Wildman–Crippen LogP) is 5.15. The molecule has 1 N–H and O–H groups in total. The summed E-state index contributed by atoms with van der Waals surface area (Å²) in [6, 6.07) is 13.7. The van der Waals surface area contributed by atoms with Crippen LogP contribution in [0.15, 0.2) is 42.5 Å². The Kier molecular flexibility index (Phi) is 4.02. The van der Waals surface area contributed by atoms with Crippen molar-refractivity contribution in [1.82, 2.24) is 0 Å². The second-order valence-corrected chi connectivity index (χ2v) is 6.12. The van der Waals surface area contributed by atoms with Crippen LogP contribution in [0.1, 0.15) is 41.6 Å². The van der Waals surface area contributed by atoms with Crippen molar-refractivity contribution in [2.24, 2.45) is 0 Å². The van der Waals surface area contributed by atoms with Gasteiger partial charge in [-0.3, -0.25) is 0 Å². The van der Waals surface area contributed by atoms with Crippen LogP contribution in [-0.2, 0) is 6.42 Å². The average Bonchev–Trinajstić information content (AvgIpc) is 3.28. The molecule has 1 aliphatic rings. The second-order valence-electron chi connectivity index (χ2n) is 5.34.